The maximum Gasteiger partial charge on any atom is 0.306 e. The van der Waals surface area contributed by atoms with Gasteiger partial charge in [0.05, 0.1) is 0 Å². The van der Waals surface area contributed by atoms with Gasteiger partial charge in [0.2, 0.25) is 0 Å². The lowest BCUT2D eigenvalue weighted by molar-refractivity contribution is -0.167. The Morgan fingerprint density at radius 2 is 0.603 bits per heavy atom. The smallest absolute Gasteiger partial charge is 0.306 e. The Kier molecular flexibility index (Phi) is 45.2. The first-order valence-corrected chi connectivity index (χ1v) is 25.9. The molecule has 0 radical (unpaired) electrons. The molecule has 0 spiro atoms. The van der Waals surface area contributed by atoms with Gasteiger partial charge in [-0.15, -0.1) is 0 Å². The van der Waals surface area contributed by atoms with Crippen molar-refractivity contribution in [3.05, 3.63) is 0 Å². The quantitative estimate of drug-likeness (QED) is 0.0346. The summed E-state index contributed by atoms with van der Waals surface area (Å²) in [6.07, 6.45) is 47.9. The van der Waals surface area contributed by atoms with Gasteiger partial charge in [0.15, 0.2) is 6.10 Å². The monoisotopic (exact) mass is 821 g/mol. The molecule has 6 nitrogen and oxygen atoms in total. The summed E-state index contributed by atoms with van der Waals surface area (Å²) in [7, 11) is 0. The van der Waals surface area contributed by atoms with Crippen LogP contribution in [0.5, 0.6) is 0 Å². The van der Waals surface area contributed by atoms with E-state index in [0.29, 0.717) is 19.3 Å². The van der Waals surface area contributed by atoms with Crippen molar-refractivity contribution in [2.24, 2.45) is 5.92 Å². The fourth-order valence-corrected chi connectivity index (χ4v) is 7.83. The SMILES string of the molecule is CCCCCCCCCCCCCCCCCCC(=O)O[C@@H](COC(=O)CCCCCCCCCCCC)COC(=O)CCCCCCCCCCCCC(C)CC. The zero-order chi connectivity index (χ0) is 42.4. The van der Waals surface area contributed by atoms with Gasteiger partial charge < -0.3 is 14.2 Å². The Labute approximate surface area is 361 Å². The minimum Gasteiger partial charge on any atom is -0.462 e. The van der Waals surface area contributed by atoms with E-state index in [1.807, 2.05) is 0 Å². The van der Waals surface area contributed by atoms with Crippen molar-refractivity contribution in [2.45, 2.75) is 297 Å². The topological polar surface area (TPSA) is 78.9 Å². The zero-order valence-electron chi connectivity index (χ0n) is 39.5. The van der Waals surface area contributed by atoms with Crippen molar-refractivity contribution >= 4 is 17.9 Å². The van der Waals surface area contributed by atoms with Crippen molar-refractivity contribution in [1.29, 1.82) is 0 Å². The van der Waals surface area contributed by atoms with Crippen molar-refractivity contribution in [3.63, 3.8) is 0 Å². The van der Waals surface area contributed by atoms with Crippen LogP contribution in [0.15, 0.2) is 0 Å². The first kappa shape index (κ1) is 56.4. The molecular weight excluding hydrogens is 721 g/mol. The molecule has 0 amide bonds. The second kappa shape index (κ2) is 46.5. The van der Waals surface area contributed by atoms with Crippen LogP contribution in [-0.4, -0.2) is 37.2 Å². The largest absolute Gasteiger partial charge is 0.462 e. The first-order chi connectivity index (χ1) is 28.4. The van der Waals surface area contributed by atoms with E-state index in [1.54, 1.807) is 0 Å². The number of hydrogen-bond donors (Lipinski definition) is 0. The van der Waals surface area contributed by atoms with E-state index >= 15 is 0 Å². The molecule has 58 heavy (non-hydrogen) atoms. The van der Waals surface area contributed by atoms with Crippen molar-refractivity contribution < 1.29 is 28.6 Å². The number of carbonyl (C=O) groups excluding carboxylic acids is 3. The number of ether oxygens (including phenoxy) is 3. The van der Waals surface area contributed by atoms with Gasteiger partial charge in [-0.25, -0.2) is 0 Å². The average molecular weight is 821 g/mol. The van der Waals surface area contributed by atoms with Gasteiger partial charge in [0.1, 0.15) is 13.2 Å². The highest BCUT2D eigenvalue weighted by atomic mass is 16.6. The van der Waals surface area contributed by atoms with Gasteiger partial charge in [0, 0.05) is 19.3 Å². The minimum absolute atomic E-state index is 0.0631. The van der Waals surface area contributed by atoms with Crippen LogP contribution >= 0.6 is 0 Å². The third-order valence-electron chi connectivity index (χ3n) is 12.2. The number of hydrogen-bond acceptors (Lipinski definition) is 6. The third kappa shape index (κ3) is 44.0. The molecule has 0 heterocycles. The Morgan fingerprint density at radius 1 is 0.345 bits per heavy atom. The predicted molar refractivity (Wildman–Crippen MR) is 247 cm³/mol. The average Bonchev–Trinajstić information content (AvgIpc) is 3.22. The molecule has 0 aliphatic carbocycles. The number of esters is 3. The molecule has 0 aliphatic heterocycles. The molecular formula is C52H100O6. The van der Waals surface area contributed by atoms with Gasteiger partial charge >= 0.3 is 17.9 Å². The first-order valence-electron chi connectivity index (χ1n) is 25.9. The molecule has 0 saturated carbocycles. The Morgan fingerprint density at radius 3 is 0.897 bits per heavy atom. The zero-order valence-corrected chi connectivity index (χ0v) is 39.5. The highest BCUT2D eigenvalue weighted by Crippen LogP contribution is 2.17. The Bertz CT molecular complexity index is 874. The van der Waals surface area contributed by atoms with Gasteiger partial charge in [-0.2, -0.15) is 0 Å². The summed E-state index contributed by atoms with van der Waals surface area (Å²) in [5, 5.41) is 0. The fraction of sp³-hybridized carbons (Fsp3) is 0.942. The van der Waals surface area contributed by atoms with Gasteiger partial charge in [0.25, 0.3) is 0 Å². The van der Waals surface area contributed by atoms with E-state index in [0.717, 1.165) is 63.7 Å². The summed E-state index contributed by atoms with van der Waals surface area (Å²) in [6.45, 7) is 9.04. The third-order valence-corrected chi connectivity index (χ3v) is 12.2. The second-order valence-corrected chi connectivity index (χ2v) is 18.1. The van der Waals surface area contributed by atoms with E-state index < -0.39 is 6.10 Å². The van der Waals surface area contributed by atoms with Crippen molar-refractivity contribution in [1.82, 2.24) is 0 Å². The van der Waals surface area contributed by atoms with Crippen LogP contribution in [0.25, 0.3) is 0 Å². The summed E-state index contributed by atoms with van der Waals surface area (Å²) < 4.78 is 16.8. The van der Waals surface area contributed by atoms with Crippen molar-refractivity contribution in [3.8, 4) is 0 Å². The lowest BCUT2D eigenvalue weighted by atomic mass is 9.99. The van der Waals surface area contributed by atoms with Gasteiger partial charge in [-0.1, -0.05) is 252 Å². The molecule has 1 unspecified atom stereocenters. The molecule has 344 valence electrons. The second-order valence-electron chi connectivity index (χ2n) is 18.1. The van der Waals surface area contributed by atoms with Crippen LogP contribution < -0.4 is 0 Å². The summed E-state index contributed by atoms with van der Waals surface area (Å²) in [6, 6.07) is 0. The molecule has 0 aromatic heterocycles. The summed E-state index contributed by atoms with van der Waals surface area (Å²) in [5.41, 5.74) is 0. The molecule has 0 rings (SSSR count). The van der Waals surface area contributed by atoms with Crippen molar-refractivity contribution in [2.75, 3.05) is 13.2 Å². The summed E-state index contributed by atoms with van der Waals surface area (Å²) in [5.74, 6) is 0.0238. The van der Waals surface area contributed by atoms with Gasteiger partial charge in [-0.05, 0) is 25.2 Å². The molecule has 0 aliphatic rings. The lowest BCUT2D eigenvalue weighted by Gasteiger charge is -2.18. The molecule has 0 bridgehead atoms. The highest BCUT2D eigenvalue weighted by molar-refractivity contribution is 5.71. The highest BCUT2D eigenvalue weighted by Gasteiger charge is 2.19. The Balaban J connectivity index is 4.29. The molecule has 6 heteroatoms. The standard InChI is InChI=1S/C52H100O6/c1-5-8-10-12-14-16-18-19-20-21-22-23-29-33-37-41-45-52(55)58-49(46-56-50(53)43-39-35-31-27-17-15-13-11-9-6-2)47-57-51(54)44-40-36-32-28-25-24-26-30-34-38-42-48(4)7-3/h48-49H,5-47H2,1-4H3/t48?,49-/m0/s1. The molecule has 0 N–H and O–H groups in total. The van der Waals surface area contributed by atoms with Crippen LogP contribution in [-0.2, 0) is 28.6 Å². The van der Waals surface area contributed by atoms with E-state index in [1.165, 1.54) is 186 Å². The normalized spacial score (nSPS) is 12.4. The maximum atomic E-state index is 12.8. The van der Waals surface area contributed by atoms with E-state index in [9.17, 15) is 14.4 Å². The summed E-state index contributed by atoms with van der Waals surface area (Å²) in [4.78, 5) is 37.9. The Hall–Kier alpha value is -1.59. The van der Waals surface area contributed by atoms with E-state index in [-0.39, 0.29) is 31.1 Å². The number of unbranched alkanes of at least 4 members (excludes halogenated alkanes) is 33. The van der Waals surface area contributed by atoms with Crippen LogP contribution in [0.1, 0.15) is 291 Å². The van der Waals surface area contributed by atoms with E-state index in [2.05, 4.69) is 27.7 Å². The molecule has 2 atom stereocenters. The predicted octanol–water partition coefficient (Wildman–Crippen LogP) is 16.7. The lowest BCUT2D eigenvalue weighted by Crippen LogP contribution is -2.30. The van der Waals surface area contributed by atoms with Gasteiger partial charge in [-0.3, -0.25) is 14.4 Å². The molecule has 0 aromatic rings. The minimum atomic E-state index is -0.760. The number of rotatable bonds is 47. The number of carbonyl (C=O) groups is 3. The molecule has 0 fully saturated rings. The van der Waals surface area contributed by atoms with Crippen LogP contribution in [0, 0.1) is 5.92 Å². The van der Waals surface area contributed by atoms with Crippen LogP contribution in [0.4, 0.5) is 0 Å². The maximum absolute atomic E-state index is 12.8. The summed E-state index contributed by atoms with van der Waals surface area (Å²) >= 11 is 0. The molecule has 0 aromatic carbocycles. The fourth-order valence-electron chi connectivity index (χ4n) is 7.83. The van der Waals surface area contributed by atoms with Crippen LogP contribution in [0.3, 0.4) is 0 Å². The van der Waals surface area contributed by atoms with Crippen LogP contribution in [0.2, 0.25) is 0 Å². The molecule has 0 saturated heterocycles. The van der Waals surface area contributed by atoms with E-state index in [4.69, 9.17) is 14.2 Å².